The highest BCUT2D eigenvalue weighted by molar-refractivity contribution is 7.98. The van der Waals surface area contributed by atoms with Gasteiger partial charge in [0.15, 0.2) is 0 Å². The Morgan fingerprint density at radius 1 is 0.839 bits per heavy atom. The van der Waals surface area contributed by atoms with Gasteiger partial charge in [0.1, 0.15) is 12.4 Å². The van der Waals surface area contributed by atoms with Crippen molar-refractivity contribution in [1.82, 2.24) is 4.31 Å². The van der Waals surface area contributed by atoms with Gasteiger partial charge in [-0.25, -0.2) is 8.42 Å². The molecule has 0 amide bonds. The van der Waals surface area contributed by atoms with E-state index in [-0.39, 0.29) is 23.9 Å². The van der Waals surface area contributed by atoms with Gasteiger partial charge in [-0.1, -0.05) is 89.6 Å². The molecule has 9 nitrogen and oxygen atoms in total. The normalized spacial score (nSPS) is 19.5. The molecular formula is C44H66N2O7S2Si. The van der Waals surface area contributed by atoms with Gasteiger partial charge in [-0.05, 0) is 70.9 Å². The molecular weight excluding hydrogens is 761 g/mol. The van der Waals surface area contributed by atoms with E-state index < -0.39 is 30.5 Å². The third-order valence-electron chi connectivity index (χ3n) is 11.6. The van der Waals surface area contributed by atoms with Crippen LogP contribution in [0.15, 0.2) is 71.6 Å². The van der Waals surface area contributed by atoms with Crippen LogP contribution in [0.5, 0.6) is 5.75 Å². The predicted molar refractivity (Wildman–Crippen MR) is 232 cm³/mol. The molecule has 310 valence electrons. The average molecular weight is 827 g/mol. The van der Waals surface area contributed by atoms with Crippen LogP contribution in [-0.4, -0.2) is 99.2 Å². The van der Waals surface area contributed by atoms with Gasteiger partial charge in [-0.2, -0.15) is 16.1 Å². The highest BCUT2D eigenvalue weighted by Crippen LogP contribution is 2.47. The van der Waals surface area contributed by atoms with Crippen LogP contribution < -0.4 is 9.64 Å². The summed E-state index contributed by atoms with van der Waals surface area (Å²) in [5.74, 6) is 2.51. The number of hydrogen-bond acceptors (Lipinski definition) is 9. The maximum atomic E-state index is 14.6. The molecule has 3 aromatic carbocycles. The first kappa shape index (κ1) is 44.7. The number of ether oxygens (including phenoxy) is 4. The third kappa shape index (κ3) is 10.6. The number of aryl methyl sites for hydroxylation is 1. The Balaban J connectivity index is 1.55. The number of thioether (sulfide) groups is 1. The SMILES string of the molecule is COCCCN1CCOc2ccc(CO[C@H]3CN(S(=O)(=O)c4ccc(C)cc4)C[C@@H](O[Si](C(C)C)(C(C)C)C(C)C)[C@@H]3c3ccc(CSCCOC)cc3)cc21. The summed E-state index contributed by atoms with van der Waals surface area (Å²) < 4.78 is 62.1. The minimum atomic E-state index is -3.86. The molecule has 2 aliphatic rings. The molecule has 12 heteroatoms. The van der Waals surface area contributed by atoms with Crippen LogP contribution in [0.3, 0.4) is 0 Å². The molecule has 0 aliphatic carbocycles. The third-order valence-corrected chi connectivity index (χ3v) is 20.5. The highest BCUT2D eigenvalue weighted by atomic mass is 32.2. The number of piperidine rings is 1. The fraction of sp³-hybridized carbons (Fsp3) is 0.591. The molecule has 2 aliphatic heterocycles. The van der Waals surface area contributed by atoms with Gasteiger partial charge in [0.25, 0.3) is 0 Å². The Labute approximate surface area is 342 Å². The lowest BCUT2D eigenvalue weighted by molar-refractivity contribution is -0.0504. The summed E-state index contributed by atoms with van der Waals surface area (Å²) in [7, 11) is -2.87. The molecule has 0 bridgehead atoms. The number of fused-ring (bicyclic) bond motifs is 1. The van der Waals surface area contributed by atoms with Crippen molar-refractivity contribution in [2.45, 2.75) is 107 Å². The standard InChI is InChI=1S/C44H66N2O7S2Si/c1-32(2)56(33(3)4,34(5)6)53-43-29-46(55(47,48)39-18-11-35(7)12-19-39)28-42(44(43)38-16-13-36(14-17-38)31-54-26-25-50-9)52-30-37-15-20-41-40(27-37)45(22-24-51-41)21-10-23-49-8/h11-20,27,32-34,42-44H,10,21-26,28-31H2,1-9H3/t42-,43+,44+/m0/s1. The first-order valence-corrected chi connectivity index (χ1v) is 25.1. The first-order valence-electron chi connectivity index (χ1n) is 20.3. The molecule has 3 aromatic rings. The van der Waals surface area contributed by atoms with Crippen LogP contribution in [0, 0.1) is 6.92 Å². The van der Waals surface area contributed by atoms with E-state index >= 15 is 0 Å². The summed E-state index contributed by atoms with van der Waals surface area (Å²) >= 11 is 1.85. The Morgan fingerprint density at radius 3 is 2.12 bits per heavy atom. The van der Waals surface area contributed by atoms with Crippen LogP contribution in [0.4, 0.5) is 5.69 Å². The summed E-state index contributed by atoms with van der Waals surface area (Å²) in [6, 6.07) is 22.3. The van der Waals surface area contributed by atoms with E-state index in [0.717, 1.165) is 65.8 Å². The van der Waals surface area contributed by atoms with E-state index in [1.807, 2.05) is 36.9 Å². The Kier molecular flexibility index (Phi) is 16.4. The van der Waals surface area contributed by atoms with Gasteiger partial charge in [-0.15, -0.1) is 0 Å². The maximum Gasteiger partial charge on any atom is 0.243 e. The van der Waals surface area contributed by atoms with E-state index in [9.17, 15) is 8.42 Å². The first-order chi connectivity index (χ1) is 26.8. The number of benzene rings is 3. The quantitative estimate of drug-likeness (QED) is 0.0819. The van der Waals surface area contributed by atoms with Crippen LogP contribution in [0.2, 0.25) is 16.6 Å². The number of anilines is 1. The molecule has 3 atom stereocenters. The van der Waals surface area contributed by atoms with Crippen LogP contribution in [0.1, 0.15) is 76.1 Å². The van der Waals surface area contributed by atoms with E-state index in [1.165, 1.54) is 5.56 Å². The zero-order chi connectivity index (χ0) is 40.5. The van der Waals surface area contributed by atoms with E-state index in [0.29, 0.717) is 36.4 Å². The lowest BCUT2D eigenvalue weighted by Crippen LogP contribution is -2.59. The second-order valence-corrected chi connectivity index (χ2v) is 24.7. The molecule has 0 saturated carbocycles. The minimum Gasteiger partial charge on any atom is -0.490 e. The van der Waals surface area contributed by atoms with Crippen molar-refractivity contribution in [3.05, 3.63) is 89.0 Å². The lowest BCUT2D eigenvalue weighted by Gasteiger charge is -2.50. The largest absolute Gasteiger partial charge is 0.490 e. The Hall–Kier alpha value is -2.42. The number of sulfonamides is 1. The van der Waals surface area contributed by atoms with Crippen molar-refractivity contribution in [2.24, 2.45) is 0 Å². The smallest absolute Gasteiger partial charge is 0.243 e. The zero-order valence-electron chi connectivity index (χ0n) is 35.2. The van der Waals surface area contributed by atoms with Gasteiger partial charge in [0.05, 0.1) is 42.5 Å². The van der Waals surface area contributed by atoms with Crippen LogP contribution in [0.25, 0.3) is 0 Å². The fourth-order valence-electron chi connectivity index (χ4n) is 8.78. The number of rotatable bonds is 20. The second kappa shape index (κ2) is 20.5. The Morgan fingerprint density at radius 2 is 1.48 bits per heavy atom. The number of hydrogen-bond donors (Lipinski definition) is 0. The second-order valence-electron chi connectivity index (χ2n) is 16.3. The van der Waals surface area contributed by atoms with Gasteiger partial charge < -0.3 is 28.3 Å². The maximum absolute atomic E-state index is 14.6. The molecule has 0 radical (unpaired) electrons. The summed E-state index contributed by atoms with van der Waals surface area (Å²) in [4.78, 5) is 2.64. The molecule has 1 saturated heterocycles. The molecule has 5 rings (SSSR count). The van der Waals surface area contributed by atoms with Crippen molar-refractivity contribution >= 4 is 35.8 Å². The van der Waals surface area contributed by atoms with Gasteiger partial charge >= 0.3 is 0 Å². The Bertz CT molecular complexity index is 1750. The topological polar surface area (TPSA) is 86.8 Å². The summed E-state index contributed by atoms with van der Waals surface area (Å²) in [6.45, 7) is 20.2. The number of methoxy groups -OCH3 is 2. The monoisotopic (exact) mass is 826 g/mol. The van der Waals surface area contributed by atoms with Crippen LogP contribution >= 0.6 is 11.8 Å². The van der Waals surface area contributed by atoms with Crippen molar-refractivity contribution in [3.8, 4) is 5.75 Å². The summed E-state index contributed by atoms with van der Waals surface area (Å²) in [5, 5.41) is 0. The van der Waals surface area contributed by atoms with E-state index in [2.05, 4.69) is 82.8 Å². The molecule has 0 aromatic heterocycles. The van der Waals surface area contributed by atoms with Crippen molar-refractivity contribution in [1.29, 1.82) is 0 Å². The molecule has 2 heterocycles. The van der Waals surface area contributed by atoms with Gasteiger partial charge in [-0.3, -0.25) is 0 Å². The highest BCUT2D eigenvalue weighted by Gasteiger charge is 2.51. The van der Waals surface area contributed by atoms with E-state index in [4.69, 9.17) is 23.4 Å². The van der Waals surface area contributed by atoms with E-state index in [1.54, 1.807) is 30.7 Å². The number of nitrogens with zero attached hydrogens (tertiary/aromatic N) is 2. The fourth-order valence-corrected chi connectivity index (χ4v) is 16.7. The van der Waals surface area contributed by atoms with Gasteiger partial charge in [0, 0.05) is 57.9 Å². The van der Waals surface area contributed by atoms with Crippen LogP contribution in [-0.2, 0) is 41.0 Å². The molecule has 56 heavy (non-hydrogen) atoms. The van der Waals surface area contributed by atoms with Gasteiger partial charge in [0.2, 0.25) is 18.3 Å². The zero-order valence-corrected chi connectivity index (χ0v) is 37.8. The van der Waals surface area contributed by atoms with Crippen molar-refractivity contribution < 1.29 is 31.8 Å². The average Bonchev–Trinajstić information content (AvgIpc) is 3.17. The van der Waals surface area contributed by atoms with Crippen molar-refractivity contribution in [2.75, 3.05) is 70.9 Å². The summed E-state index contributed by atoms with van der Waals surface area (Å²) in [6.07, 6.45) is 0.0354. The molecule has 0 spiro atoms. The molecule has 0 unspecified atom stereocenters. The van der Waals surface area contributed by atoms with Crippen molar-refractivity contribution in [3.63, 3.8) is 0 Å². The molecule has 0 N–H and O–H groups in total. The lowest BCUT2D eigenvalue weighted by atomic mass is 9.85. The molecule has 1 fully saturated rings. The predicted octanol–water partition coefficient (Wildman–Crippen LogP) is 9.04. The minimum absolute atomic E-state index is 0.190. The summed E-state index contributed by atoms with van der Waals surface area (Å²) in [5.41, 5.74) is 6.40.